The van der Waals surface area contributed by atoms with Crippen molar-refractivity contribution in [2.24, 2.45) is 0 Å². The van der Waals surface area contributed by atoms with E-state index in [-0.39, 0.29) is 11.7 Å². The molecule has 2 aromatic rings. The Bertz CT molecular complexity index is 708. The summed E-state index contributed by atoms with van der Waals surface area (Å²) in [6.07, 6.45) is 4.80. The molecular weight excluding hydrogens is 267 g/mol. The van der Waals surface area contributed by atoms with Crippen molar-refractivity contribution in [3.05, 3.63) is 53.6 Å². The van der Waals surface area contributed by atoms with Crippen molar-refractivity contribution >= 4 is 0 Å². The average Bonchev–Trinajstić information content (AvgIpc) is 2.94. The van der Waals surface area contributed by atoms with Gasteiger partial charge >= 0.3 is 0 Å². The zero-order valence-electron chi connectivity index (χ0n) is 11.7. The van der Waals surface area contributed by atoms with Gasteiger partial charge in [-0.05, 0) is 42.7 Å². The molecule has 1 saturated heterocycles. The summed E-state index contributed by atoms with van der Waals surface area (Å²) < 4.78 is 19.3. The fraction of sp³-hybridized carbons (Fsp3) is 0.294. The number of ether oxygens (including phenoxy) is 1. The fourth-order valence-corrected chi connectivity index (χ4v) is 2.67. The third kappa shape index (κ3) is 2.79. The third-order valence-corrected chi connectivity index (χ3v) is 3.85. The summed E-state index contributed by atoms with van der Waals surface area (Å²) in [7, 11) is 0. The maximum Gasteiger partial charge on any atom is 0.141 e. The van der Waals surface area contributed by atoms with Crippen LogP contribution in [0.25, 0.3) is 11.1 Å². The number of benzene rings is 1. The molecule has 3 nitrogen and oxygen atoms in total. The quantitative estimate of drug-likeness (QED) is 0.844. The lowest BCUT2D eigenvalue weighted by atomic mass is 9.95. The number of nitrogens with zero attached hydrogens (tertiary/aromatic N) is 2. The second-order valence-electron chi connectivity index (χ2n) is 5.39. The summed E-state index contributed by atoms with van der Waals surface area (Å²) >= 11 is 0. The smallest absolute Gasteiger partial charge is 0.141 e. The van der Waals surface area contributed by atoms with Gasteiger partial charge in [-0.15, -0.1) is 0 Å². The van der Waals surface area contributed by atoms with Gasteiger partial charge in [-0.1, -0.05) is 6.07 Å². The minimum Gasteiger partial charge on any atom is -0.378 e. The van der Waals surface area contributed by atoms with Gasteiger partial charge in [0.25, 0.3) is 0 Å². The van der Waals surface area contributed by atoms with Crippen LogP contribution >= 0.6 is 0 Å². The molecule has 1 aliphatic heterocycles. The van der Waals surface area contributed by atoms with Crippen LogP contribution in [0.1, 0.15) is 30.4 Å². The minimum atomic E-state index is -0.502. The Morgan fingerprint density at radius 3 is 2.81 bits per heavy atom. The zero-order chi connectivity index (χ0) is 14.8. The molecule has 1 aliphatic rings. The van der Waals surface area contributed by atoms with Gasteiger partial charge in [0.2, 0.25) is 0 Å². The van der Waals surface area contributed by atoms with Crippen molar-refractivity contribution in [1.29, 1.82) is 5.26 Å². The molecule has 2 unspecified atom stereocenters. The molecule has 21 heavy (non-hydrogen) atoms. The molecule has 4 heteroatoms. The van der Waals surface area contributed by atoms with Crippen LogP contribution in [0, 0.1) is 17.1 Å². The summed E-state index contributed by atoms with van der Waals surface area (Å²) in [6, 6.07) is 8.48. The number of pyridine rings is 1. The lowest BCUT2D eigenvalue weighted by Crippen LogP contribution is -1.99. The highest BCUT2D eigenvalue weighted by Gasteiger charge is 2.24. The van der Waals surface area contributed by atoms with Crippen LogP contribution in [-0.4, -0.2) is 17.7 Å². The summed E-state index contributed by atoms with van der Waals surface area (Å²) in [5, 5.41) is 8.78. The van der Waals surface area contributed by atoms with Gasteiger partial charge in [-0.3, -0.25) is 4.98 Å². The number of hydrogen-bond acceptors (Lipinski definition) is 3. The largest absolute Gasteiger partial charge is 0.378 e. The van der Waals surface area contributed by atoms with Gasteiger partial charge < -0.3 is 4.74 Å². The first kappa shape index (κ1) is 13.7. The molecule has 0 spiro atoms. The van der Waals surface area contributed by atoms with Crippen molar-refractivity contribution in [1.82, 2.24) is 4.98 Å². The van der Waals surface area contributed by atoms with E-state index < -0.39 is 5.82 Å². The predicted molar refractivity (Wildman–Crippen MR) is 77.1 cm³/mol. The summed E-state index contributed by atoms with van der Waals surface area (Å²) in [4.78, 5) is 4.26. The van der Waals surface area contributed by atoms with E-state index in [1.165, 1.54) is 12.1 Å². The predicted octanol–water partition coefficient (Wildman–Crippen LogP) is 3.65. The molecule has 0 radical (unpaired) electrons. The molecule has 0 N–H and O–H groups in total. The number of rotatable bonds is 2. The van der Waals surface area contributed by atoms with Crippen LogP contribution in [0.15, 0.2) is 36.7 Å². The first-order valence-corrected chi connectivity index (χ1v) is 6.94. The lowest BCUT2D eigenvalue weighted by Gasteiger charge is -2.10. The van der Waals surface area contributed by atoms with Crippen LogP contribution < -0.4 is 0 Å². The van der Waals surface area contributed by atoms with E-state index >= 15 is 0 Å². The highest BCUT2D eigenvalue weighted by atomic mass is 19.1. The van der Waals surface area contributed by atoms with Crippen molar-refractivity contribution in [3.63, 3.8) is 0 Å². The topological polar surface area (TPSA) is 45.9 Å². The highest BCUT2D eigenvalue weighted by Crippen LogP contribution is 2.31. The second kappa shape index (κ2) is 5.63. The summed E-state index contributed by atoms with van der Waals surface area (Å²) in [5.74, 6) is -0.158. The van der Waals surface area contributed by atoms with Gasteiger partial charge in [-0.2, -0.15) is 5.26 Å². The Labute approximate surface area is 123 Å². The monoisotopic (exact) mass is 282 g/mol. The average molecular weight is 282 g/mol. The molecule has 2 heterocycles. The first-order chi connectivity index (χ1) is 10.2. The molecule has 1 aromatic heterocycles. The Hall–Kier alpha value is -2.25. The Morgan fingerprint density at radius 2 is 2.14 bits per heavy atom. The zero-order valence-corrected chi connectivity index (χ0v) is 11.7. The van der Waals surface area contributed by atoms with E-state index in [1.807, 2.05) is 18.3 Å². The maximum atomic E-state index is 13.7. The van der Waals surface area contributed by atoms with Crippen molar-refractivity contribution in [3.8, 4) is 17.2 Å². The molecule has 1 aromatic carbocycles. The molecule has 0 bridgehead atoms. The number of halogens is 1. The van der Waals surface area contributed by atoms with Gasteiger partial charge in [0.15, 0.2) is 0 Å². The van der Waals surface area contributed by atoms with E-state index in [9.17, 15) is 4.39 Å². The minimum absolute atomic E-state index is 0.0564. The number of nitriles is 1. The van der Waals surface area contributed by atoms with Gasteiger partial charge in [0.1, 0.15) is 11.9 Å². The van der Waals surface area contributed by atoms with E-state index in [2.05, 4.69) is 11.9 Å². The molecule has 3 rings (SSSR count). The second-order valence-corrected chi connectivity index (χ2v) is 5.39. The van der Waals surface area contributed by atoms with Crippen LogP contribution in [0.4, 0.5) is 4.39 Å². The fourth-order valence-electron chi connectivity index (χ4n) is 2.67. The van der Waals surface area contributed by atoms with E-state index in [0.29, 0.717) is 12.5 Å². The molecule has 0 aliphatic carbocycles. The summed E-state index contributed by atoms with van der Waals surface area (Å²) in [6.45, 7) is 2.77. The van der Waals surface area contributed by atoms with E-state index in [4.69, 9.17) is 10.00 Å². The van der Waals surface area contributed by atoms with Crippen molar-refractivity contribution < 1.29 is 9.13 Å². The van der Waals surface area contributed by atoms with Crippen LogP contribution in [-0.2, 0) is 4.74 Å². The van der Waals surface area contributed by atoms with Crippen molar-refractivity contribution in [2.45, 2.75) is 25.4 Å². The van der Waals surface area contributed by atoms with Crippen molar-refractivity contribution in [2.75, 3.05) is 6.61 Å². The third-order valence-electron chi connectivity index (χ3n) is 3.85. The Morgan fingerprint density at radius 1 is 1.29 bits per heavy atom. The first-order valence-electron chi connectivity index (χ1n) is 6.94. The maximum absolute atomic E-state index is 13.7. The van der Waals surface area contributed by atoms with E-state index in [1.54, 1.807) is 12.3 Å². The molecule has 0 amide bonds. The molecule has 0 saturated carbocycles. The lowest BCUT2D eigenvalue weighted by molar-refractivity contribution is 0.123. The standard InChI is InChI=1S/C17H15FN2O/c1-11-4-16(10-21-11)15-5-14(8-20-9-15)12-2-3-13(7-19)17(18)6-12/h2-3,5-6,8-9,11,16H,4,10H2,1H3. The van der Waals surface area contributed by atoms with E-state index in [0.717, 1.165) is 23.1 Å². The number of hydrogen-bond donors (Lipinski definition) is 0. The van der Waals surface area contributed by atoms with Gasteiger partial charge in [-0.25, -0.2) is 4.39 Å². The van der Waals surface area contributed by atoms with Crippen LogP contribution in [0.2, 0.25) is 0 Å². The normalized spacial score (nSPS) is 21.2. The van der Waals surface area contributed by atoms with Crippen LogP contribution in [0.5, 0.6) is 0 Å². The molecule has 106 valence electrons. The molecule has 2 atom stereocenters. The molecular formula is C17H15FN2O. The van der Waals surface area contributed by atoms with Crippen LogP contribution in [0.3, 0.4) is 0 Å². The Kier molecular flexibility index (Phi) is 3.68. The number of aromatic nitrogens is 1. The molecule has 1 fully saturated rings. The summed E-state index contributed by atoms with van der Waals surface area (Å²) in [5.41, 5.74) is 2.76. The van der Waals surface area contributed by atoms with Gasteiger partial charge in [0.05, 0.1) is 18.3 Å². The Balaban J connectivity index is 1.93. The van der Waals surface area contributed by atoms with Gasteiger partial charge in [0, 0.05) is 23.9 Å². The highest BCUT2D eigenvalue weighted by molar-refractivity contribution is 5.64. The SMILES string of the molecule is CC1CC(c2cncc(-c3ccc(C#N)c(F)c3)c2)CO1.